The van der Waals surface area contributed by atoms with Gasteiger partial charge in [0.25, 0.3) is 0 Å². The van der Waals surface area contributed by atoms with Gasteiger partial charge in [-0.2, -0.15) is 9.40 Å². The van der Waals surface area contributed by atoms with E-state index >= 15 is 0 Å². The Morgan fingerprint density at radius 3 is 2.44 bits per heavy atom. The van der Waals surface area contributed by atoms with Crippen LogP contribution in [0.5, 0.6) is 0 Å². The van der Waals surface area contributed by atoms with Crippen molar-refractivity contribution in [1.82, 2.24) is 14.1 Å². The summed E-state index contributed by atoms with van der Waals surface area (Å²) in [6, 6.07) is 0. The fraction of sp³-hybridized carbons (Fsp3) is 0.727. The normalized spacial score (nSPS) is 15.9. The Kier molecular flexibility index (Phi) is 4.52. The number of aryl methyl sites for hydroxylation is 1. The van der Waals surface area contributed by atoms with E-state index in [1.54, 1.807) is 7.05 Å². The van der Waals surface area contributed by atoms with E-state index in [1.807, 2.05) is 20.8 Å². The lowest BCUT2D eigenvalue weighted by atomic mass is 9.99. The first-order chi connectivity index (χ1) is 8.31. The smallest absolute Gasteiger partial charge is 0.246 e. The lowest BCUT2D eigenvalue weighted by Crippen LogP contribution is -2.53. The molecule has 1 atom stereocenters. The summed E-state index contributed by atoms with van der Waals surface area (Å²) in [4.78, 5) is 0.208. The van der Waals surface area contributed by atoms with Crippen LogP contribution in [0.4, 0.5) is 0 Å². The van der Waals surface area contributed by atoms with Gasteiger partial charge in [-0.3, -0.25) is 4.68 Å². The van der Waals surface area contributed by atoms with Gasteiger partial charge in [0.05, 0.1) is 6.20 Å². The molecule has 0 aliphatic carbocycles. The molecule has 0 saturated heterocycles. The van der Waals surface area contributed by atoms with E-state index in [2.05, 4.69) is 5.10 Å². The van der Waals surface area contributed by atoms with Crippen molar-refractivity contribution >= 4 is 10.0 Å². The Morgan fingerprint density at radius 2 is 2.11 bits per heavy atom. The van der Waals surface area contributed by atoms with E-state index in [0.717, 1.165) is 0 Å². The number of sulfonamides is 1. The Bertz CT molecular complexity index is 491. The predicted octanol–water partition coefficient (Wildman–Crippen LogP) is 0.558. The standard InChI is InChI=1S/C11H22N4O2S/c1-5-11(3,9-12)15(6-2)18(16,17)10-7-13-14(4)8-10/h7-8H,5-6,9,12H2,1-4H3. The van der Waals surface area contributed by atoms with Gasteiger partial charge >= 0.3 is 0 Å². The van der Waals surface area contributed by atoms with Crippen molar-refractivity contribution in [2.24, 2.45) is 12.8 Å². The number of hydrogen-bond acceptors (Lipinski definition) is 4. The minimum atomic E-state index is -3.54. The molecule has 0 aliphatic rings. The van der Waals surface area contributed by atoms with Gasteiger partial charge in [-0.15, -0.1) is 0 Å². The molecule has 1 heterocycles. The minimum absolute atomic E-state index is 0.208. The zero-order valence-corrected chi connectivity index (χ0v) is 12.2. The lowest BCUT2D eigenvalue weighted by molar-refractivity contribution is 0.214. The molecule has 1 rings (SSSR count). The fourth-order valence-electron chi connectivity index (χ4n) is 1.92. The van der Waals surface area contributed by atoms with Crippen LogP contribution in [0.3, 0.4) is 0 Å². The van der Waals surface area contributed by atoms with E-state index in [9.17, 15) is 8.42 Å². The van der Waals surface area contributed by atoms with Gasteiger partial charge in [0.1, 0.15) is 4.90 Å². The minimum Gasteiger partial charge on any atom is -0.329 e. The average Bonchev–Trinajstić information content (AvgIpc) is 2.76. The Balaban J connectivity index is 3.24. The van der Waals surface area contributed by atoms with Crippen LogP contribution < -0.4 is 5.73 Å². The average molecular weight is 274 g/mol. The van der Waals surface area contributed by atoms with Crippen molar-refractivity contribution in [2.45, 2.75) is 37.6 Å². The first-order valence-electron chi connectivity index (χ1n) is 6.03. The summed E-state index contributed by atoms with van der Waals surface area (Å²) < 4.78 is 28.1. The molecule has 1 aromatic rings. The fourth-order valence-corrected chi connectivity index (χ4v) is 3.77. The summed E-state index contributed by atoms with van der Waals surface area (Å²) >= 11 is 0. The summed E-state index contributed by atoms with van der Waals surface area (Å²) in [6.07, 6.45) is 3.53. The van der Waals surface area contributed by atoms with Crippen molar-refractivity contribution in [2.75, 3.05) is 13.1 Å². The molecular weight excluding hydrogens is 252 g/mol. The molecule has 0 spiro atoms. The first-order valence-corrected chi connectivity index (χ1v) is 7.47. The van der Waals surface area contributed by atoms with Crippen molar-refractivity contribution in [3.8, 4) is 0 Å². The van der Waals surface area contributed by atoms with Gasteiger partial charge in [0.2, 0.25) is 10.0 Å². The molecule has 0 radical (unpaired) electrons. The molecule has 0 aliphatic heterocycles. The SMILES string of the molecule is CCN(C(C)(CC)CN)S(=O)(=O)c1cnn(C)c1. The maximum atomic E-state index is 12.6. The number of nitrogens with two attached hydrogens (primary N) is 1. The zero-order chi connectivity index (χ0) is 14.0. The topological polar surface area (TPSA) is 81.2 Å². The largest absolute Gasteiger partial charge is 0.329 e. The van der Waals surface area contributed by atoms with Crippen LogP contribution >= 0.6 is 0 Å². The van der Waals surface area contributed by atoms with Crippen LogP contribution in [0.1, 0.15) is 27.2 Å². The second kappa shape index (κ2) is 5.38. The van der Waals surface area contributed by atoms with E-state index < -0.39 is 15.6 Å². The van der Waals surface area contributed by atoms with E-state index in [-0.39, 0.29) is 11.4 Å². The van der Waals surface area contributed by atoms with Crippen LogP contribution in [0.25, 0.3) is 0 Å². The van der Waals surface area contributed by atoms with Crippen LogP contribution in [-0.4, -0.2) is 41.1 Å². The van der Waals surface area contributed by atoms with Gasteiger partial charge in [0.15, 0.2) is 0 Å². The lowest BCUT2D eigenvalue weighted by Gasteiger charge is -2.37. The number of hydrogen-bond donors (Lipinski definition) is 1. The molecule has 0 aromatic carbocycles. The second-order valence-electron chi connectivity index (χ2n) is 4.57. The van der Waals surface area contributed by atoms with Crippen LogP contribution in [0, 0.1) is 0 Å². The van der Waals surface area contributed by atoms with Gasteiger partial charge in [0, 0.05) is 31.9 Å². The van der Waals surface area contributed by atoms with Crippen LogP contribution in [0.15, 0.2) is 17.3 Å². The number of rotatable bonds is 6. The summed E-state index contributed by atoms with van der Waals surface area (Å²) in [5, 5.41) is 3.91. The molecule has 0 bridgehead atoms. The molecule has 0 fully saturated rings. The molecule has 7 heteroatoms. The maximum Gasteiger partial charge on any atom is 0.246 e. The van der Waals surface area contributed by atoms with Crippen LogP contribution in [-0.2, 0) is 17.1 Å². The monoisotopic (exact) mass is 274 g/mol. The second-order valence-corrected chi connectivity index (χ2v) is 6.44. The third-order valence-corrected chi connectivity index (χ3v) is 5.45. The first kappa shape index (κ1) is 15.1. The third kappa shape index (κ3) is 2.57. The van der Waals surface area contributed by atoms with E-state index in [0.29, 0.717) is 13.0 Å². The summed E-state index contributed by atoms with van der Waals surface area (Å²) in [6.45, 7) is 6.30. The predicted molar refractivity (Wildman–Crippen MR) is 70.5 cm³/mol. The number of likely N-dealkylation sites (N-methyl/N-ethyl adjacent to an activating group) is 1. The van der Waals surface area contributed by atoms with Crippen molar-refractivity contribution in [3.63, 3.8) is 0 Å². The van der Waals surface area contributed by atoms with Crippen molar-refractivity contribution < 1.29 is 8.42 Å². The molecule has 104 valence electrons. The quantitative estimate of drug-likeness (QED) is 0.821. The maximum absolute atomic E-state index is 12.6. The molecule has 6 nitrogen and oxygen atoms in total. The number of nitrogens with zero attached hydrogens (tertiary/aromatic N) is 3. The summed E-state index contributed by atoms with van der Waals surface area (Å²) in [5.41, 5.74) is 5.18. The Morgan fingerprint density at radius 1 is 1.50 bits per heavy atom. The molecule has 1 unspecified atom stereocenters. The van der Waals surface area contributed by atoms with Crippen molar-refractivity contribution in [1.29, 1.82) is 0 Å². The van der Waals surface area contributed by atoms with Gasteiger partial charge < -0.3 is 5.73 Å². The highest BCUT2D eigenvalue weighted by atomic mass is 32.2. The van der Waals surface area contributed by atoms with Gasteiger partial charge in [-0.25, -0.2) is 8.42 Å². The van der Waals surface area contributed by atoms with Crippen molar-refractivity contribution in [3.05, 3.63) is 12.4 Å². The summed E-state index contributed by atoms with van der Waals surface area (Å²) in [7, 11) is -1.85. The molecule has 1 aromatic heterocycles. The third-order valence-electron chi connectivity index (χ3n) is 3.36. The molecule has 2 N–H and O–H groups in total. The number of aromatic nitrogens is 2. The van der Waals surface area contributed by atoms with Gasteiger partial charge in [-0.05, 0) is 13.3 Å². The van der Waals surface area contributed by atoms with E-state index in [1.165, 1.54) is 21.4 Å². The summed E-state index contributed by atoms with van der Waals surface area (Å²) in [5.74, 6) is 0. The Labute approximate surface area is 109 Å². The molecule has 0 saturated carbocycles. The van der Waals surface area contributed by atoms with E-state index in [4.69, 9.17) is 5.73 Å². The molecular formula is C11H22N4O2S. The Hall–Kier alpha value is -0.920. The molecule has 0 amide bonds. The zero-order valence-electron chi connectivity index (χ0n) is 11.4. The van der Waals surface area contributed by atoms with Gasteiger partial charge in [-0.1, -0.05) is 13.8 Å². The molecule has 18 heavy (non-hydrogen) atoms. The highest BCUT2D eigenvalue weighted by Gasteiger charge is 2.37. The highest BCUT2D eigenvalue weighted by molar-refractivity contribution is 7.89. The highest BCUT2D eigenvalue weighted by Crippen LogP contribution is 2.26. The van der Waals surface area contributed by atoms with Crippen LogP contribution in [0.2, 0.25) is 0 Å².